The van der Waals surface area contributed by atoms with Crippen LogP contribution in [0, 0.1) is 0 Å². The number of piperidine rings is 1. The molecule has 3 aromatic rings. The van der Waals surface area contributed by atoms with Gasteiger partial charge in [-0.05, 0) is 49.9 Å². The molecule has 5 nitrogen and oxygen atoms in total. The van der Waals surface area contributed by atoms with Gasteiger partial charge in [-0.3, -0.25) is 4.79 Å². The lowest BCUT2D eigenvalue weighted by Crippen LogP contribution is -2.36. The number of nitrogens with zero attached hydrogens (tertiary/aromatic N) is 2. The summed E-state index contributed by atoms with van der Waals surface area (Å²) < 4.78 is 5.97. The summed E-state index contributed by atoms with van der Waals surface area (Å²) in [5.41, 5.74) is 2.66. The summed E-state index contributed by atoms with van der Waals surface area (Å²) in [5, 5.41) is 3.04. The lowest BCUT2D eigenvalue weighted by molar-refractivity contribution is -0.116. The maximum atomic E-state index is 12.4. The van der Waals surface area contributed by atoms with Gasteiger partial charge in [0.15, 0.2) is 11.5 Å². The molecule has 1 aliphatic rings. The molecule has 1 N–H and O–H groups in total. The normalized spacial score (nSPS) is 17.7. The first kappa shape index (κ1) is 19.0. The van der Waals surface area contributed by atoms with Crippen molar-refractivity contribution in [3.05, 3.63) is 54.4 Å². The van der Waals surface area contributed by atoms with Gasteiger partial charge in [-0.1, -0.05) is 24.3 Å². The van der Waals surface area contributed by atoms with E-state index in [4.69, 9.17) is 4.42 Å². The molecular formula is C22H25N3O2S. The minimum Gasteiger partial charge on any atom is -0.440 e. The van der Waals surface area contributed by atoms with Crippen LogP contribution in [0.3, 0.4) is 0 Å². The van der Waals surface area contributed by atoms with Crippen molar-refractivity contribution in [1.82, 2.24) is 9.88 Å². The third-order valence-corrected chi connectivity index (χ3v) is 6.00. The number of anilines is 1. The van der Waals surface area contributed by atoms with Crippen LogP contribution in [0.2, 0.25) is 0 Å². The third kappa shape index (κ3) is 4.39. The number of nitrogens with one attached hydrogen (secondary N) is 1. The van der Waals surface area contributed by atoms with E-state index in [1.807, 2.05) is 54.8 Å². The predicted molar refractivity (Wildman–Crippen MR) is 114 cm³/mol. The van der Waals surface area contributed by atoms with E-state index >= 15 is 0 Å². The summed E-state index contributed by atoms with van der Waals surface area (Å²) in [5.74, 6) is 1.18. The zero-order chi connectivity index (χ0) is 19.3. The van der Waals surface area contributed by atoms with Crippen molar-refractivity contribution < 1.29 is 9.21 Å². The first-order valence-corrected chi connectivity index (χ1v) is 11.0. The van der Waals surface area contributed by atoms with Crippen LogP contribution in [0.25, 0.3) is 11.1 Å². The number of benzene rings is 2. The molecule has 1 fully saturated rings. The number of amides is 1. The Labute approximate surface area is 169 Å². The van der Waals surface area contributed by atoms with E-state index in [0.29, 0.717) is 12.3 Å². The molecular weight excluding hydrogens is 370 g/mol. The van der Waals surface area contributed by atoms with Gasteiger partial charge in [-0.15, -0.1) is 11.8 Å². The Morgan fingerprint density at radius 3 is 2.93 bits per heavy atom. The Bertz CT molecular complexity index is 923. The monoisotopic (exact) mass is 395 g/mol. The van der Waals surface area contributed by atoms with Gasteiger partial charge >= 0.3 is 0 Å². The fraction of sp³-hybridized carbons (Fsp3) is 0.364. The van der Waals surface area contributed by atoms with E-state index in [1.165, 1.54) is 0 Å². The summed E-state index contributed by atoms with van der Waals surface area (Å²) >= 11 is 1.64. The molecule has 4 rings (SSSR count). The Kier molecular flexibility index (Phi) is 5.98. The molecule has 0 radical (unpaired) electrons. The molecule has 0 aliphatic carbocycles. The van der Waals surface area contributed by atoms with Crippen LogP contribution in [0.4, 0.5) is 5.69 Å². The van der Waals surface area contributed by atoms with Crippen molar-refractivity contribution in [2.75, 3.05) is 31.2 Å². The van der Waals surface area contributed by atoms with Crippen molar-refractivity contribution in [2.24, 2.45) is 0 Å². The van der Waals surface area contributed by atoms with Crippen molar-refractivity contribution in [2.45, 2.75) is 30.1 Å². The zero-order valence-electron chi connectivity index (χ0n) is 16.1. The summed E-state index contributed by atoms with van der Waals surface area (Å²) in [6.07, 6.45) is 4.69. The topological polar surface area (TPSA) is 58.4 Å². The average molecular weight is 396 g/mol. The first-order chi connectivity index (χ1) is 13.7. The molecule has 2 aromatic carbocycles. The van der Waals surface area contributed by atoms with E-state index < -0.39 is 0 Å². The molecule has 146 valence electrons. The second kappa shape index (κ2) is 8.80. The Balaban J connectivity index is 1.33. The molecule has 6 heteroatoms. The predicted octanol–water partition coefficient (Wildman–Crippen LogP) is 4.76. The van der Waals surface area contributed by atoms with Gasteiger partial charge in [0.25, 0.3) is 0 Å². The number of oxazole rings is 1. The third-order valence-electron chi connectivity index (χ3n) is 5.20. The van der Waals surface area contributed by atoms with Gasteiger partial charge in [0.05, 0.1) is 5.69 Å². The molecule has 1 aliphatic heterocycles. The number of carbonyl (C=O) groups excluding carboxylic acids is 1. The number of thioether (sulfide) groups is 1. The largest absolute Gasteiger partial charge is 0.440 e. The molecule has 2 heterocycles. The smallest absolute Gasteiger partial charge is 0.225 e. The van der Waals surface area contributed by atoms with Gasteiger partial charge in [-0.2, -0.15) is 0 Å². The summed E-state index contributed by atoms with van der Waals surface area (Å²) in [4.78, 5) is 20.5. The minimum atomic E-state index is 0.0606. The summed E-state index contributed by atoms with van der Waals surface area (Å²) in [6, 6.07) is 15.8. The number of hydrogen-bond acceptors (Lipinski definition) is 5. The Hall–Kier alpha value is -2.31. The van der Waals surface area contributed by atoms with Gasteiger partial charge < -0.3 is 14.6 Å². The minimum absolute atomic E-state index is 0.0606. The highest BCUT2D eigenvalue weighted by Gasteiger charge is 2.25. The summed E-state index contributed by atoms with van der Waals surface area (Å²) in [6.45, 7) is 2.66. The van der Waals surface area contributed by atoms with Gasteiger partial charge in [0, 0.05) is 30.3 Å². The maximum absolute atomic E-state index is 12.4. The lowest BCUT2D eigenvalue weighted by Gasteiger charge is -2.30. The molecule has 0 spiro atoms. The second-order valence-electron chi connectivity index (χ2n) is 7.16. The van der Waals surface area contributed by atoms with Crippen LogP contribution in [0.5, 0.6) is 0 Å². The molecule has 1 atom stereocenters. The van der Waals surface area contributed by atoms with Crippen LogP contribution < -0.4 is 5.32 Å². The van der Waals surface area contributed by atoms with E-state index in [9.17, 15) is 4.79 Å². The summed E-state index contributed by atoms with van der Waals surface area (Å²) in [7, 11) is 0. The highest BCUT2D eigenvalue weighted by Crippen LogP contribution is 2.29. The van der Waals surface area contributed by atoms with Gasteiger partial charge in [0.2, 0.25) is 5.91 Å². The highest BCUT2D eigenvalue weighted by molar-refractivity contribution is 7.98. The van der Waals surface area contributed by atoms with Crippen LogP contribution >= 0.6 is 11.8 Å². The van der Waals surface area contributed by atoms with Crippen molar-refractivity contribution in [3.8, 4) is 0 Å². The SMILES string of the molecule is CSc1ccccc1NC(=O)CCN1CCC[C@@H](c2nc3ccccc3o2)C1. The maximum Gasteiger partial charge on any atom is 0.225 e. The fourth-order valence-corrected chi connectivity index (χ4v) is 4.30. The number of aromatic nitrogens is 1. The van der Waals surface area contributed by atoms with Gasteiger partial charge in [-0.25, -0.2) is 4.98 Å². The van der Waals surface area contributed by atoms with E-state index in [-0.39, 0.29) is 5.91 Å². The van der Waals surface area contributed by atoms with Crippen LogP contribution in [-0.4, -0.2) is 41.7 Å². The molecule has 1 aromatic heterocycles. The van der Waals surface area contributed by atoms with E-state index in [1.54, 1.807) is 11.8 Å². The number of fused-ring (bicyclic) bond motifs is 1. The molecule has 0 unspecified atom stereocenters. The molecule has 0 saturated carbocycles. The van der Waals surface area contributed by atoms with Crippen LogP contribution in [0.1, 0.15) is 31.1 Å². The van der Waals surface area contributed by atoms with Crippen LogP contribution in [0.15, 0.2) is 57.8 Å². The zero-order valence-corrected chi connectivity index (χ0v) is 16.9. The van der Waals surface area contributed by atoms with Crippen molar-refractivity contribution in [3.63, 3.8) is 0 Å². The standard InChI is InChI=1S/C22H25N3O2S/c1-28-20-11-5-3-9-18(20)23-21(26)12-14-25-13-6-7-16(15-25)22-24-17-8-2-4-10-19(17)27-22/h2-5,8-11,16H,6-7,12-15H2,1H3,(H,23,26)/t16-/m1/s1. The number of hydrogen-bond donors (Lipinski definition) is 1. The Morgan fingerprint density at radius 2 is 2.07 bits per heavy atom. The number of para-hydroxylation sites is 3. The molecule has 1 amide bonds. The van der Waals surface area contributed by atoms with Gasteiger partial charge in [0.1, 0.15) is 5.52 Å². The first-order valence-electron chi connectivity index (χ1n) is 9.73. The molecule has 0 bridgehead atoms. The molecule has 1 saturated heterocycles. The fourth-order valence-electron chi connectivity index (χ4n) is 3.75. The molecule has 28 heavy (non-hydrogen) atoms. The Morgan fingerprint density at radius 1 is 1.25 bits per heavy atom. The van der Waals surface area contributed by atoms with E-state index in [2.05, 4.69) is 15.2 Å². The number of rotatable bonds is 6. The average Bonchev–Trinajstić information content (AvgIpc) is 3.17. The van der Waals surface area contributed by atoms with Crippen LogP contribution in [-0.2, 0) is 4.79 Å². The number of carbonyl (C=O) groups is 1. The highest BCUT2D eigenvalue weighted by atomic mass is 32.2. The lowest BCUT2D eigenvalue weighted by atomic mass is 9.98. The number of likely N-dealkylation sites (tertiary alicyclic amines) is 1. The van der Waals surface area contributed by atoms with E-state index in [0.717, 1.165) is 60.0 Å². The quantitative estimate of drug-likeness (QED) is 0.610. The second-order valence-corrected chi connectivity index (χ2v) is 8.01. The van der Waals surface area contributed by atoms with Crippen molar-refractivity contribution in [1.29, 1.82) is 0 Å². The van der Waals surface area contributed by atoms with Crippen molar-refractivity contribution >= 4 is 34.5 Å².